The molecule has 4 rings (SSSR count). The molecule has 0 aromatic rings. The first kappa shape index (κ1) is 30.7. The quantitative estimate of drug-likeness (QED) is 0.216. The molecule has 0 aliphatic heterocycles. The summed E-state index contributed by atoms with van der Waals surface area (Å²) < 4.78 is 36.0. The van der Waals surface area contributed by atoms with Crippen molar-refractivity contribution >= 4 is 38.3 Å². The van der Waals surface area contributed by atoms with E-state index in [4.69, 9.17) is 4.55 Å². The average Bonchev–Trinajstić information content (AvgIpc) is 3.17. The van der Waals surface area contributed by atoms with Crippen LogP contribution < -0.4 is 0 Å². The van der Waals surface area contributed by atoms with Crippen LogP contribution in [0.3, 0.4) is 0 Å². The zero-order chi connectivity index (χ0) is 27.3. The second-order valence-corrected chi connectivity index (χ2v) is 15.4. The van der Waals surface area contributed by atoms with E-state index in [0.717, 1.165) is 72.9 Å². The first-order chi connectivity index (χ1) is 17.2. The van der Waals surface area contributed by atoms with Crippen molar-refractivity contribution in [1.82, 2.24) is 0 Å². The number of aliphatic hydroxyl groups is 4. The summed E-state index contributed by atoms with van der Waals surface area (Å²) in [6.07, 6.45) is 5.46. The van der Waals surface area contributed by atoms with Gasteiger partial charge in [-0.3, -0.25) is 0 Å². The first-order valence-corrected chi connectivity index (χ1v) is 17.3. The Morgan fingerprint density at radius 2 is 1.73 bits per heavy atom. The summed E-state index contributed by atoms with van der Waals surface area (Å²) in [5.74, 6) is 1.25. The van der Waals surface area contributed by atoms with Gasteiger partial charge in [0.15, 0.2) is 0 Å². The maximum absolute atomic E-state index is 11.7. The molecule has 0 aromatic heterocycles. The third-order valence-electron chi connectivity index (χ3n) is 11.9. The van der Waals surface area contributed by atoms with Crippen LogP contribution in [0.15, 0.2) is 0 Å². The minimum atomic E-state index is -4.52. The Morgan fingerprint density at radius 1 is 1.03 bits per heavy atom. The Hall–Kier alpha value is 0.710. The number of hydrogen-bond donors (Lipinski definition) is 5. The van der Waals surface area contributed by atoms with Gasteiger partial charge < -0.3 is 5.11 Å². The molecule has 0 saturated heterocycles. The second-order valence-electron chi connectivity index (χ2n) is 13.5. The summed E-state index contributed by atoms with van der Waals surface area (Å²) in [6, 6.07) is 0. The zero-order valence-electron chi connectivity index (χ0n) is 23.0. The van der Waals surface area contributed by atoms with E-state index in [9.17, 15) is 28.8 Å². The van der Waals surface area contributed by atoms with Gasteiger partial charge in [0, 0.05) is 0 Å². The van der Waals surface area contributed by atoms with E-state index in [1.54, 1.807) is 0 Å². The topological polar surface area (TPSA) is 145 Å². The van der Waals surface area contributed by atoms with Crippen LogP contribution in [0, 0.1) is 52.3 Å². The van der Waals surface area contributed by atoms with E-state index in [0.29, 0.717) is 22.4 Å². The van der Waals surface area contributed by atoms with Crippen LogP contribution in [-0.2, 0) is 14.6 Å². The molecule has 4 fully saturated rings. The molecule has 4 saturated carbocycles. The fraction of sp³-hybridized carbons (Fsp3) is 1.00. The van der Waals surface area contributed by atoms with E-state index in [-0.39, 0.29) is 59.0 Å². The van der Waals surface area contributed by atoms with Gasteiger partial charge in [-0.25, -0.2) is 0 Å². The van der Waals surface area contributed by atoms with Gasteiger partial charge >= 0.3 is 198 Å². The fourth-order valence-corrected chi connectivity index (χ4v) is 10.8. The van der Waals surface area contributed by atoms with Gasteiger partial charge in [0.25, 0.3) is 0 Å². The fourth-order valence-electron chi connectivity index (χ4n) is 9.68. The molecule has 0 aromatic carbocycles. The molecule has 5 N–H and O–H groups in total. The minimum absolute atomic E-state index is 0.0574. The molecule has 0 bridgehead atoms. The van der Waals surface area contributed by atoms with E-state index in [1.165, 1.54) is 0 Å². The monoisotopic (exact) mass is 554 g/mol. The zero-order valence-corrected chi connectivity index (χ0v) is 25.8. The van der Waals surface area contributed by atoms with Crippen molar-refractivity contribution < 1.29 is 37.6 Å². The standard InChI is InChI=1S/C27H47O8S.Na/c1-15(5-8-22(29)16(2)14-35-36(32,33)34)19-6-7-20-25-21(13-24(31)27(19,20)4)26(3)10-9-18(28)11-17(26)12-23(25)30;/h15-25,28-31H,2,5-14H2,1,3-4H3,(H,32,33,34);/t15-,16?,17?,18-,19-,20+,21+,22-,23-,24+,25+,26+,27-;/m1./s1. The number of rotatable bonds is 9. The van der Waals surface area contributed by atoms with Crippen LogP contribution in [-0.4, -0.2) is 92.3 Å². The van der Waals surface area contributed by atoms with Crippen molar-refractivity contribution in [3.8, 4) is 0 Å². The number of aliphatic hydroxyl groups excluding tert-OH is 4. The SMILES string of the molecule is C[C@H](CC[C@@H](O)C([CH2][Na])COS(=O)(=O)O)[C@H]1CC[C@H]2[C@@H]3[C@H](O)CC4C[C@H](O)CC[C@]4(C)[C@H]3C[C@H](O)[C@]12C. The van der Waals surface area contributed by atoms with Crippen molar-refractivity contribution in [2.45, 2.75) is 107 Å². The Bertz CT molecular complexity index is 903. The van der Waals surface area contributed by atoms with Crippen molar-refractivity contribution in [1.29, 1.82) is 0 Å². The summed E-state index contributed by atoms with van der Waals surface area (Å²) in [5.41, 5.74) is -0.225. The third-order valence-corrected chi connectivity index (χ3v) is 13.4. The molecular weight excluding hydrogens is 507 g/mol. The first-order valence-electron chi connectivity index (χ1n) is 14.6. The van der Waals surface area contributed by atoms with Crippen LogP contribution in [0.1, 0.15) is 78.6 Å². The Balaban J connectivity index is 1.45. The molecule has 210 valence electrons. The molecule has 2 unspecified atom stereocenters. The van der Waals surface area contributed by atoms with Crippen LogP contribution in [0.2, 0.25) is 3.67 Å². The molecule has 0 spiro atoms. The van der Waals surface area contributed by atoms with Gasteiger partial charge in [-0.1, -0.05) is 6.92 Å². The normalized spacial score (nSPS) is 46.4. The molecule has 0 amide bonds. The summed E-state index contributed by atoms with van der Waals surface area (Å²) in [6.45, 7) is 6.57. The predicted molar refractivity (Wildman–Crippen MR) is 140 cm³/mol. The summed E-state index contributed by atoms with van der Waals surface area (Å²) in [5, 5.41) is 44.2. The van der Waals surface area contributed by atoms with E-state index >= 15 is 0 Å². The Labute approximate surface area is 240 Å². The van der Waals surface area contributed by atoms with Crippen molar-refractivity contribution in [2.24, 2.45) is 52.3 Å². The van der Waals surface area contributed by atoms with Gasteiger partial charge in [-0.05, 0) is 25.2 Å². The van der Waals surface area contributed by atoms with Crippen molar-refractivity contribution in [2.75, 3.05) is 6.61 Å². The van der Waals surface area contributed by atoms with E-state index < -0.39 is 28.7 Å². The summed E-state index contributed by atoms with van der Waals surface area (Å²) in [4.78, 5) is 0. The van der Waals surface area contributed by atoms with Crippen LogP contribution >= 0.6 is 0 Å². The number of hydrogen-bond acceptors (Lipinski definition) is 7. The molecule has 4 aliphatic carbocycles. The van der Waals surface area contributed by atoms with Crippen molar-refractivity contribution in [3.63, 3.8) is 0 Å². The van der Waals surface area contributed by atoms with E-state index in [1.807, 2.05) is 0 Å². The van der Waals surface area contributed by atoms with Crippen molar-refractivity contribution in [3.05, 3.63) is 0 Å². The number of fused-ring (bicyclic) bond motifs is 5. The molecule has 13 atom stereocenters. The molecule has 0 heterocycles. The maximum atomic E-state index is 11.7. The van der Waals surface area contributed by atoms with Gasteiger partial charge in [-0.2, -0.15) is 0 Å². The predicted octanol–water partition coefficient (Wildman–Crippen LogP) is 2.75. The average molecular weight is 555 g/mol. The van der Waals surface area contributed by atoms with E-state index in [2.05, 4.69) is 25.0 Å². The van der Waals surface area contributed by atoms with Crippen LogP contribution in [0.25, 0.3) is 0 Å². The van der Waals surface area contributed by atoms with Gasteiger partial charge in [-0.15, -0.1) is 0 Å². The van der Waals surface area contributed by atoms with Gasteiger partial charge in [0.1, 0.15) is 0 Å². The second kappa shape index (κ2) is 11.5. The Kier molecular flexibility index (Phi) is 9.56. The molecule has 8 nitrogen and oxygen atoms in total. The molecule has 4 aliphatic rings. The van der Waals surface area contributed by atoms with Crippen LogP contribution in [0.4, 0.5) is 0 Å². The van der Waals surface area contributed by atoms with Crippen LogP contribution in [0.5, 0.6) is 0 Å². The summed E-state index contributed by atoms with van der Waals surface area (Å²) in [7, 11) is -4.52. The molecule has 10 heteroatoms. The van der Waals surface area contributed by atoms with Gasteiger partial charge in [0.05, 0.1) is 6.10 Å². The molecular formula is C27H47NaO8S. The molecule has 0 radical (unpaired) electrons. The summed E-state index contributed by atoms with van der Waals surface area (Å²) >= 11 is 0.786. The van der Waals surface area contributed by atoms with Gasteiger partial charge in [0.2, 0.25) is 0 Å². The third kappa shape index (κ3) is 5.88. The molecule has 37 heavy (non-hydrogen) atoms. The Morgan fingerprint density at radius 3 is 2.38 bits per heavy atom.